The van der Waals surface area contributed by atoms with E-state index >= 15 is 0 Å². The van der Waals surface area contributed by atoms with E-state index in [2.05, 4.69) is 19.2 Å². The van der Waals surface area contributed by atoms with Crippen LogP contribution in [0, 0.1) is 0 Å². The Bertz CT molecular complexity index is 1270. The minimum atomic E-state index is -0.842. The zero-order chi connectivity index (χ0) is 60.6. The van der Waals surface area contributed by atoms with Crippen molar-refractivity contribution in [1.29, 1.82) is 0 Å². The molecule has 0 aromatic heterocycles. The Kier molecular flexibility index (Phi) is 72.8. The molecule has 500 valence electrons. The number of amides is 1. The van der Waals surface area contributed by atoms with Crippen LogP contribution in [-0.2, 0) is 14.3 Å². The number of carbonyl (C=O) groups excluding carboxylic acids is 2. The van der Waals surface area contributed by atoms with Gasteiger partial charge in [-0.15, -0.1) is 0 Å². The Hall–Kier alpha value is -1.40. The predicted octanol–water partition coefficient (Wildman–Crippen LogP) is 25.5. The summed E-state index contributed by atoms with van der Waals surface area (Å²) in [7, 11) is 0. The van der Waals surface area contributed by atoms with Crippen LogP contribution >= 0.6 is 0 Å². The van der Waals surface area contributed by atoms with E-state index in [9.17, 15) is 19.8 Å². The highest BCUT2D eigenvalue weighted by Gasteiger charge is 2.18. The lowest BCUT2D eigenvalue weighted by molar-refractivity contribution is -0.143. The molecular weight excluding hydrogens is 1030 g/mol. The standard InChI is InChI=1S/C78H153NO5/c1-3-5-7-9-11-13-15-17-19-20-21-34-37-40-43-46-50-54-58-62-66-70-76(81)75(74-80)79-77(82)71-67-63-59-55-51-47-44-41-38-35-32-30-28-26-24-22-23-25-27-29-31-33-36-39-42-45-49-53-57-61-65-69-73-84-78(83)72-68-64-60-56-52-48-18-16-14-12-10-8-6-4-2/h66,70,75-76,80-81H,3-65,67-69,71-74H2,1-2H3,(H,79,82)/b70-66+. The van der Waals surface area contributed by atoms with Gasteiger partial charge in [-0.05, 0) is 32.1 Å². The summed E-state index contributed by atoms with van der Waals surface area (Å²) in [5.41, 5.74) is 0. The van der Waals surface area contributed by atoms with Crippen molar-refractivity contribution >= 4 is 11.9 Å². The van der Waals surface area contributed by atoms with Gasteiger partial charge in [0.25, 0.3) is 0 Å². The second-order valence-corrected chi connectivity index (χ2v) is 27.1. The molecule has 1 amide bonds. The van der Waals surface area contributed by atoms with Crippen molar-refractivity contribution in [3.8, 4) is 0 Å². The number of esters is 1. The highest BCUT2D eigenvalue weighted by molar-refractivity contribution is 5.76. The fourth-order valence-electron chi connectivity index (χ4n) is 12.6. The van der Waals surface area contributed by atoms with E-state index in [0.29, 0.717) is 19.4 Å². The largest absolute Gasteiger partial charge is 0.466 e. The van der Waals surface area contributed by atoms with E-state index in [0.717, 1.165) is 38.5 Å². The van der Waals surface area contributed by atoms with Gasteiger partial charge in [0.05, 0.1) is 25.4 Å². The van der Waals surface area contributed by atoms with Gasteiger partial charge < -0.3 is 20.3 Å². The molecule has 6 nitrogen and oxygen atoms in total. The van der Waals surface area contributed by atoms with Crippen molar-refractivity contribution in [3.63, 3.8) is 0 Å². The molecule has 2 unspecified atom stereocenters. The summed E-state index contributed by atoms with van der Waals surface area (Å²) < 4.78 is 5.50. The van der Waals surface area contributed by atoms with Crippen molar-refractivity contribution in [1.82, 2.24) is 5.32 Å². The van der Waals surface area contributed by atoms with Crippen LogP contribution in [0.15, 0.2) is 12.2 Å². The number of hydrogen-bond acceptors (Lipinski definition) is 5. The van der Waals surface area contributed by atoms with Crippen molar-refractivity contribution in [2.45, 2.75) is 463 Å². The molecule has 0 aromatic rings. The summed E-state index contributed by atoms with van der Waals surface area (Å²) in [5.74, 6) is -0.0339. The molecule has 0 aliphatic carbocycles. The minimum absolute atomic E-state index is 0.0244. The molecule has 0 aromatic carbocycles. The number of hydrogen-bond donors (Lipinski definition) is 3. The zero-order valence-corrected chi connectivity index (χ0v) is 57.4. The molecule has 84 heavy (non-hydrogen) atoms. The summed E-state index contributed by atoms with van der Waals surface area (Å²) in [6.45, 7) is 4.96. The topological polar surface area (TPSA) is 95.9 Å². The van der Waals surface area contributed by atoms with E-state index in [1.165, 1.54) is 385 Å². The van der Waals surface area contributed by atoms with E-state index in [-0.39, 0.29) is 18.5 Å². The number of nitrogens with one attached hydrogen (secondary N) is 1. The fourth-order valence-corrected chi connectivity index (χ4v) is 12.6. The zero-order valence-electron chi connectivity index (χ0n) is 57.4. The third-order valence-corrected chi connectivity index (χ3v) is 18.6. The number of allylic oxidation sites excluding steroid dienone is 1. The summed E-state index contributed by atoms with van der Waals surface area (Å²) in [6, 6.07) is -0.625. The van der Waals surface area contributed by atoms with Crippen LogP contribution in [-0.4, -0.2) is 47.4 Å². The second kappa shape index (κ2) is 74.1. The smallest absolute Gasteiger partial charge is 0.305 e. The number of aliphatic hydroxyl groups is 2. The number of unbranched alkanes of at least 4 members (excludes halogenated alkanes) is 63. The Balaban J connectivity index is 3.34. The number of carbonyl (C=O) groups is 2. The molecular formula is C78H153NO5. The molecule has 0 radical (unpaired) electrons. The van der Waals surface area contributed by atoms with Crippen LogP contribution in [0.1, 0.15) is 450 Å². The third kappa shape index (κ3) is 69.7. The molecule has 2 atom stereocenters. The van der Waals surface area contributed by atoms with Crippen molar-refractivity contribution in [2.75, 3.05) is 13.2 Å². The highest BCUT2D eigenvalue weighted by atomic mass is 16.5. The van der Waals surface area contributed by atoms with Gasteiger partial charge in [0.1, 0.15) is 0 Å². The highest BCUT2D eigenvalue weighted by Crippen LogP contribution is 2.20. The van der Waals surface area contributed by atoms with Gasteiger partial charge in [0, 0.05) is 12.8 Å². The Labute approximate surface area is 527 Å². The average molecular weight is 1190 g/mol. The van der Waals surface area contributed by atoms with Crippen molar-refractivity contribution in [2.24, 2.45) is 0 Å². The number of aliphatic hydroxyl groups excluding tert-OH is 2. The Morgan fingerprint density at radius 1 is 0.321 bits per heavy atom. The monoisotopic (exact) mass is 1180 g/mol. The second-order valence-electron chi connectivity index (χ2n) is 27.1. The number of rotatable bonds is 74. The predicted molar refractivity (Wildman–Crippen MR) is 370 cm³/mol. The molecule has 0 saturated heterocycles. The Morgan fingerprint density at radius 3 is 0.810 bits per heavy atom. The maximum absolute atomic E-state index is 12.5. The van der Waals surface area contributed by atoms with Crippen LogP contribution in [0.4, 0.5) is 0 Å². The number of ether oxygens (including phenoxy) is 1. The molecule has 6 heteroatoms. The molecule has 0 saturated carbocycles. The molecule has 0 bridgehead atoms. The van der Waals surface area contributed by atoms with E-state index in [4.69, 9.17) is 4.74 Å². The Morgan fingerprint density at radius 2 is 0.548 bits per heavy atom. The lowest BCUT2D eigenvalue weighted by atomic mass is 10.0. The van der Waals surface area contributed by atoms with Crippen LogP contribution in [0.3, 0.4) is 0 Å². The molecule has 0 fully saturated rings. The van der Waals surface area contributed by atoms with Gasteiger partial charge in [0.15, 0.2) is 0 Å². The lowest BCUT2D eigenvalue weighted by Crippen LogP contribution is -2.45. The quantitative estimate of drug-likeness (QED) is 0.0320. The van der Waals surface area contributed by atoms with Crippen molar-refractivity contribution in [3.05, 3.63) is 12.2 Å². The van der Waals surface area contributed by atoms with Crippen LogP contribution < -0.4 is 5.32 Å². The molecule has 3 N–H and O–H groups in total. The summed E-state index contributed by atoms with van der Waals surface area (Å²) in [6.07, 6.45) is 93.3. The van der Waals surface area contributed by atoms with Gasteiger partial charge in [-0.2, -0.15) is 0 Å². The van der Waals surface area contributed by atoms with Gasteiger partial charge in [0.2, 0.25) is 5.91 Å². The van der Waals surface area contributed by atoms with Gasteiger partial charge >= 0.3 is 5.97 Å². The molecule has 0 rings (SSSR count). The van der Waals surface area contributed by atoms with Crippen LogP contribution in [0.2, 0.25) is 0 Å². The maximum atomic E-state index is 12.5. The molecule has 0 aliphatic heterocycles. The molecule has 0 heterocycles. The van der Waals surface area contributed by atoms with E-state index in [1.54, 1.807) is 6.08 Å². The van der Waals surface area contributed by atoms with Gasteiger partial charge in [-0.1, -0.05) is 418 Å². The SMILES string of the molecule is CCCCCCCCCCCCCCCCCCCCC/C=C/C(O)C(CO)NC(=O)CCCCCCCCCCCCCCCCCCCCCCCCCCCCCCCCCCOC(=O)CCCCCCCCCCCCCCCC. The summed E-state index contributed by atoms with van der Waals surface area (Å²) in [4.78, 5) is 24.6. The fraction of sp³-hybridized carbons (Fsp3) is 0.949. The first-order chi connectivity index (χ1) is 41.5. The molecule has 0 spiro atoms. The normalized spacial score (nSPS) is 12.5. The first-order valence-corrected chi connectivity index (χ1v) is 39.0. The van der Waals surface area contributed by atoms with Gasteiger partial charge in [-0.3, -0.25) is 9.59 Å². The van der Waals surface area contributed by atoms with E-state index in [1.807, 2.05) is 6.08 Å². The summed E-state index contributed by atoms with van der Waals surface area (Å²) in [5, 5.41) is 23.3. The van der Waals surface area contributed by atoms with E-state index < -0.39 is 12.1 Å². The van der Waals surface area contributed by atoms with Crippen LogP contribution in [0.25, 0.3) is 0 Å². The van der Waals surface area contributed by atoms with Gasteiger partial charge in [-0.25, -0.2) is 0 Å². The third-order valence-electron chi connectivity index (χ3n) is 18.6. The maximum Gasteiger partial charge on any atom is 0.305 e. The average Bonchev–Trinajstić information content (AvgIpc) is 3.51. The summed E-state index contributed by atoms with van der Waals surface area (Å²) >= 11 is 0. The molecule has 0 aliphatic rings. The van der Waals surface area contributed by atoms with Crippen LogP contribution in [0.5, 0.6) is 0 Å². The first-order valence-electron chi connectivity index (χ1n) is 39.0. The lowest BCUT2D eigenvalue weighted by Gasteiger charge is -2.20. The first kappa shape index (κ1) is 82.6. The minimum Gasteiger partial charge on any atom is -0.466 e. The van der Waals surface area contributed by atoms with Crippen molar-refractivity contribution < 1.29 is 24.5 Å².